The van der Waals surface area contributed by atoms with Crippen molar-refractivity contribution in [3.8, 4) is 5.75 Å². The maximum Gasteiger partial charge on any atom is 0.353 e. The number of rotatable bonds is 3. The smallest absolute Gasteiger partial charge is 0.353 e. The zero-order chi connectivity index (χ0) is 19.0. The number of anilines is 1. The van der Waals surface area contributed by atoms with E-state index in [4.69, 9.17) is 4.74 Å². The molecule has 140 valence electrons. The van der Waals surface area contributed by atoms with Crippen molar-refractivity contribution < 1.29 is 19.1 Å². The summed E-state index contributed by atoms with van der Waals surface area (Å²) in [5.41, 5.74) is 0.481. The SMILES string of the molecule is O=C(Oc1cccc(N2C(=O)[C@H]3[C@@H]4C=C[C@H]([C@H]5C[C@H]45)[C@@H]3C2=O)c1)c1cccs1. The molecule has 1 aliphatic heterocycles. The van der Waals surface area contributed by atoms with Gasteiger partial charge in [0.1, 0.15) is 10.6 Å². The average Bonchev–Trinajstić information content (AvgIpc) is 3.26. The van der Waals surface area contributed by atoms with Gasteiger partial charge in [-0.05, 0) is 53.7 Å². The number of nitrogens with zero attached hydrogens (tertiary/aromatic N) is 1. The molecule has 5 nitrogen and oxygen atoms in total. The quantitative estimate of drug-likeness (QED) is 0.348. The van der Waals surface area contributed by atoms with E-state index in [2.05, 4.69) is 12.2 Å². The fourth-order valence-corrected chi connectivity index (χ4v) is 6.05. The van der Waals surface area contributed by atoms with Crippen molar-refractivity contribution in [3.05, 3.63) is 58.8 Å². The molecule has 2 saturated carbocycles. The molecule has 2 bridgehead atoms. The molecule has 1 aromatic heterocycles. The summed E-state index contributed by atoms with van der Waals surface area (Å²) in [5, 5.41) is 1.81. The van der Waals surface area contributed by atoms with Crippen LogP contribution in [0.3, 0.4) is 0 Å². The van der Waals surface area contributed by atoms with Crippen molar-refractivity contribution in [1.29, 1.82) is 0 Å². The second-order valence-corrected chi connectivity index (χ2v) is 8.98. The Labute approximate surface area is 165 Å². The van der Waals surface area contributed by atoms with Crippen molar-refractivity contribution in [3.63, 3.8) is 0 Å². The zero-order valence-electron chi connectivity index (χ0n) is 14.9. The Kier molecular flexibility index (Phi) is 3.27. The lowest BCUT2D eigenvalue weighted by Gasteiger charge is -2.37. The molecule has 0 radical (unpaired) electrons. The van der Waals surface area contributed by atoms with Crippen LogP contribution in [-0.4, -0.2) is 17.8 Å². The summed E-state index contributed by atoms with van der Waals surface area (Å²) >= 11 is 1.31. The number of hydrogen-bond acceptors (Lipinski definition) is 5. The van der Waals surface area contributed by atoms with Crippen LogP contribution in [0.15, 0.2) is 53.9 Å². The van der Waals surface area contributed by atoms with Crippen LogP contribution in [0.25, 0.3) is 0 Å². The molecule has 3 fully saturated rings. The van der Waals surface area contributed by atoms with Crippen LogP contribution >= 0.6 is 11.3 Å². The molecule has 2 amide bonds. The minimum atomic E-state index is -0.442. The minimum Gasteiger partial charge on any atom is -0.422 e. The summed E-state index contributed by atoms with van der Waals surface area (Å²) in [5.74, 6) is 0.743. The van der Waals surface area contributed by atoms with E-state index in [1.807, 2.05) is 5.38 Å². The van der Waals surface area contributed by atoms with Gasteiger partial charge >= 0.3 is 5.97 Å². The highest BCUT2D eigenvalue weighted by molar-refractivity contribution is 7.12. The van der Waals surface area contributed by atoms with E-state index in [9.17, 15) is 14.4 Å². The maximum atomic E-state index is 13.2. The highest BCUT2D eigenvalue weighted by Gasteiger charge is 2.67. The molecule has 0 spiro atoms. The third-order valence-electron chi connectivity index (χ3n) is 6.67. The molecule has 2 heterocycles. The highest BCUT2D eigenvalue weighted by atomic mass is 32.1. The number of esters is 1. The monoisotopic (exact) mass is 391 g/mol. The predicted molar refractivity (Wildman–Crippen MR) is 103 cm³/mol. The molecule has 0 N–H and O–H groups in total. The van der Waals surface area contributed by atoms with Gasteiger partial charge in [0.05, 0.1) is 17.5 Å². The Hall–Kier alpha value is -2.73. The molecule has 4 aliphatic carbocycles. The van der Waals surface area contributed by atoms with E-state index >= 15 is 0 Å². The lowest BCUT2D eigenvalue weighted by Crippen LogP contribution is -2.40. The summed E-state index contributed by atoms with van der Waals surface area (Å²) in [6.45, 7) is 0. The molecule has 5 aliphatic rings. The van der Waals surface area contributed by atoms with Gasteiger partial charge in [-0.1, -0.05) is 24.3 Å². The maximum absolute atomic E-state index is 13.2. The van der Waals surface area contributed by atoms with Gasteiger partial charge in [0.25, 0.3) is 0 Å². The van der Waals surface area contributed by atoms with E-state index in [-0.39, 0.29) is 35.5 Å². The highest BCUT2D eigenvalue weighted by Crippen LogP contribution is 2.65. The lowest BCUT2D eigenvalue weighted by atomic mass is 9.63. The molecule has 0 unspecified atom stereocenters. The third-order valence-corrected chi connectivity index (χ3v) is 7.52. The second kappa shape index (κ2) is 5.64. The van der Waals surface area contributed by atoms with Crippen LogP contribution < -0.4 is 9.64 Å². The van der Waals surface area contributed by atoms with E-state index in [1.165, 1.54) is 16.2 Å². The Morgan fingerprint density at radius 1 is 1.00 bits per heavy atom. The van der Waals surface area contributed by atoms with Gasteiger partial charge in [-0.15, -0.1) is 11.3 Å². The van der Waals surface area contributed by atoms with Gasteiger partial charge in [0, 0.05) is 6.07 Å². The first-order valence-corrected chi connectivity index (χ1v) is 10.4. The normalized spacial score (nSPS) is 34.4. The number of carbonyl (C=O) groups is 3. The first-order valence-electron chi connectivity index (χ1n) is 9.55. The molecule has 28 heavy (non-hydrogen) atoms. The summed E-state index contributed by atoms with van der Waals surface area (Å²) in [4.78, 5) is 40.4. The van der Waals surface area contributed by atoms with Crippen LogP contribution in [0.1, 0.15) is 16.1 Å². The number of imide groups is 1. The largest absolute Gasteiger partial charge is 0.422 e. The molecule has 2 aromatic rings. The van der Waals surface area contributed by atoms with Crippen molar-refractivity contribution in [2.45, 2.75) is 6.42 Å². The lowest BCUT2D eigenvalue weighted by molar-refractivity contribution is -0.124. The molecule has 1 saturated heterocycles. The third kappa shape index (κ3) is 2.15. The number of carbonyl (C=O) groups excluding carboxylic acids is 3. The zero-order valence-corrected chi connectivity index (χ0v) is 15.7. The number of hydrogen-bond donors (Lipinski definition) is 0. The number of benzene rings is 1. The molecule has 6 atom stereocenters. The van der Waals surface area contributed by atoms with Crippen molar-refractivity contribution in [1.82, 2.24) is 0 Å². The van der Waals surface area contributed by atoms with E-state index in [0.29, 0.717) is 28.1 Å². The fraction of sp³-hybridized carbons (Fsp3) is 0.318. The summed E-state index contributed by atoms with van der Waals surface area (Å²) in [6, 6.07) is 10.2. The Morgan fingerprint density at radius 2 is 1.71 bits per heavy atom. The first-order chi connectivity index (χ1) is 13.6. The number of allylic oxidation sites excluding steroid dienone is 2. The number of amides is 2. The molecule has 6 heteroatoms. The van der Waals surface area contributed by atoms with Crippen LogP contribution in [-0.2, 0) is 9.59 Å². The van der Waals surface area contributed by atoms with Crippen LogP contribution in [0.2, 0.25) is 0 Å². The molecule has 1 aromatic carbocycles. The van der Waals surface area contributed by atoms with Crippen LogP contribution in [0.5, 0.6) is 5.75 Å². The minimum absolute atomic E-state index is 0.110. The average molecular weight is 391 g/mol. The van der Waals surface area contributed by atoms with Gasteiger partial charge in [-0.2, -0.15) is 0 Å². The van der Waals surface area contributed by atoms with Gasteiger partial charge in [-0.3, -0.25) is 9.59 Å². The second-order valence-electron chi connectivity index (χ2n) is 8.03. The molecular formula is C22H17NO4S. The summed E-state index contributed by atoms with van der Waals surface area (Å²) in [7, 11) is 0. The van der Waals surface area contributed by atoms with Gasteiger partial charge in [-0.25, -0.2) is 9.69 Å². The van der Waals surface area contributed by atoms with Crippen molar-refractivity contribution >= 4 is 34.8 Å². The Morgan fingerprint density at radius 3 is 2.36 bits per heavy atom. The Balaban J connectivity index is 1.30. The van der Waals surface area contributed by atoms with Crippen molar-refractivity contribution in [2.75, 3.05) is 4.90 Å². The number of thiophene rings is 1. The summed E-state index contributed by atoms with van der Waals surface area (Å²) in [6.07, 6.45) is 5.46. The molecular weight excluding hydrogens is 374 g/mol. The van der Waals surface area contributed by atoms with Gasteiger partial charge < -0.3 is 4.74 Å². The topological polar surface area (TPSA) is 63.7 Å². The van der Waals surface area contributed by atoms with E-state index < -0.39 is 5.97 Å². The molecule has 7 rings (SSSR count). The summed E-state index contributed by atoms with van der Waals surface area (Å²) < 4.78 is 5.44. The standard InChI is InChI=1S/C22H17NO4S/c24-20-18-13-6-7-14(16-10-15(13)16)19(18)21(25)23(20)11-3-1-4-12(9-11)27-22(26)17-5-2-8-28-17/h1-9,13-16,18-19H,10H2/t13-,14-,15-,16-,18+,19+/m1/s1. The number of ether oxygens (including phenoxy) is 1. The van der Waals surface area contributed by atoms with Crippen molar-refractivity contribution in [2.24, 2.45) is 35.5 Å². The predicted octanol–water partition coefficient (Wildman–Crippen LogP) is 3.52. The van der Waals surface area contributed by atoms with Crippen LogP contribution in [0, 0.1) is 35.5 Å². The van der Waals surface area contributed by atoms with E-state index in [1.54, 1.807) is 36.4 Å². The van der Waals surface area contributed by atoms with E-state index in [0.717, 1.165) is 6.42 Å². The Bertz CT molecular complexity index is 1010. The fourth-order valence-electron chi connectivity index (χ4n) is 5.45. The van der Waals surface area contributed by atoms with Gasteiger partial charge in [0.15, 0.2) is 0 Å². The van der Waals surface area contributed by atoms with Crippen LogP contribution in [0.4, 0.5) is 5.69 Å². The first kappa shape index (κ1) is 16.2. The van der Waals surface area contributed by atoms with Gasteiger partial charge in [0.2, 0.25) is 11.8 Å².